The number of carbonyl (C=O) groups is 1. The number of amides is 1. The monoisotopic (exact) mass is 307 g/mol. The van der Waals surface area contributed by atoms with Gasteiger partial charge in [-0.2, -0.15) is 0 Å². The van der Waals surface area contributed by atoms with Crippen LogP contribution in [-0.4, -0.2) is 26.2 Å². The normalized spacial score (nSPS) is 12.1. The molecule has 22 heavy (non-hydrogen) atoms. The second-order valence-electron chi connectivity index (χ2n) is 6.16. The standard InChI is InChI=1S/C18H29NO3/c1-13(2)7-6-8-14(3)19-18(20)12-15-9-10-16(21-4)17(11-15)22-5/h9-11,13-14H,6-8,12H2,1-5H3,(H,19,20). The van der Waals surface area contributed by atoms with Crippen LogP contribution in [0.5, 0.6) is 11.5 Å². The third-order valence-electron chi connectivity index (χ3n) is 3.64. The van der Waals surface area contributed by atoms with E-state index in [2.05, 4.69) is 26.1 Å². The van der Waals surface area contributed by atoms with Crippen molar-refractivity contribution < 1.29 is 14.3 Å². The van der Waals surface area contributed by atoms with E-state index in [9.17, 15) is 4.79 Å². The molecule has 1 amide bonds. The van der Waals surface area contributed by atoms with Gasteiger partial charge < -0.3 is 14.8 Å². The number of nitrogens with one attached hydrogen (secondary N) is 1. The van der Waals surface area contributed by atoms with Gasteiger partial charge in [0.25, 0.3) is 0 Å². The second-order valence-corrected chi connectivity index (χ2v) is 6.16. The van der Waals surface area contributed by atoms with Crippen LogP contribution in [0, 0.1) is 5.92 Å². The van der Waals surface area contributed by atoms with Crippen molar-refractivity contribution in [2.45, 2.75) is 52.5 Å². The molecule has 1 rings (SSSR count). The number of carbonyl (C=O) groups excluding carboxylic acids is 1. The largest absolute Gasteiger partial charge is 0.493 e. The number of methoxy groups -OCH3 is 2. The van der Waals surface area contributed by atoms with Gasteiger partial charge in [0.2, 0.25) is 5.91 Å². The zero-order valence-corrected chi connectivity index (χ0v) is 14.4. The SMILES string of the molecule is COc1ccc(CC(=O)NC(C)CCCC(C)C)cc1OC. The van der Waals surface area contributed by atoms with Crippen LogP contribution < -0.4 is 14.8 Å². The molecule has 0 saturated carbocycles. The molecule has 1 atom stereocenters. The van der Waals surface area contributed by atoms with Crippen LogP contribution in [0.15, 0.2) is 18.2 Å². The number of hydrogen-bond acceptors (Lipinski definition) is 3. The van der Waals surface area contributed by atoms with Gasteiger partial charge in [-0.15, -0.1) is 0 Å². The topological polar surface area (TPSA) is 47.6 Å². The van der Waals surface area contributed by atoms with Crippen molar-refractivity contribution in [1.29, 1.82) is 0 Å². The van der Waals surface area contributed by atoms with E-state index in [0.717, 1.165) is 24.3 Å². The lowest BCUT2D eigenvalue weighted by Crippen LogP contribution is -2.33. The van der Waals surface area contributed by atoms with Crippen LogP contribution in [0.1, 0.15) is 45.6 Å². The molecule has 1 aromatic rings. The third-order valence-corrected chi connectivity index (χ3v) is 3.64. The highest BCUT2D eigenvalue weighted by atomic mass is 16.5. The number of ether oxygens (including phenoxy) is 2. The second kappa shape index (κ2) is 9.34. The molecule has 1 aromatic carbocycles. The van der Waals surface area contributed by atoms with Gasteiger partial charge in [0.05, 0.1) is 20.6 Å². The summed E-state index contributed by atoms with van der Waals surface area (Å²) in [4.78, 5) is 12.1. The molecule has 0 fully saturated rings. The average molecular weight is 307 g/mol. The van der Waals surface area contributed by atoms with Crippen LogP contribution in [-0.2, 0) is 11.2 Å². The molecule has 0 aromatic heterocycles. The Morgan fingerprint density at radius 3 is 2.36 bits per heavy atom. The minimum absolute atomic E-state index is 0.0456. The molecule has 0 saturated heterocycles. The summed E-state index contributed by atoms with van der Waals surface area (Å²) in [7, 11) is 3.20. The molecular weight excluding hydrogens is 278 g/mol. The summed E-state index contributed by atoms with van der Waals surface area (Å²) in [5.41, 5.74) is 0.921. The first-order chi connectivity index (χ1) is 10.5. The van der Waals surface area contributed by atoms with Crippen molar-refractivity contribution in [3.05, 3.63) is 23.8 Å². The summed E-state index contributed by atoms with van der Waals surface area (Å²) in [6, 6.07) is 5.78. The molecule has 0 radical (unpaired) electrons. The molecule has 4 heteroatoms. The minimum atomic E-state index is 0.0456. The maximum absolute atomic E-state index is 12.1. The Balaban J connectivity index is 2.47. The summed E-state index contributed by atoms with van der Waals surface area (Å²) in [6.07, 6.45) is 3.73. The Morgan fingerprint density at radius 1 is 1.09 bits per heavy atom. The molecule has 4 nitrogen and oxygen atoms in total. The Labute approximate surface area is 134 Å². The van der Waals surface area contributed by atoms with Crippen LogP contribution >= 0.6 is 0 Å². The van der Waals surface area contributed by atoms with Crippen LogP contribution in [0.25, 0.3) is 0 Å². The fraction of sp³-hybridized carbons (Fsp3) is 0.611. The van der Waals surface area contributed by atoms with E-state index in [-0.39, 0.29) is 11.9 Å². The third kappa shape index (κ3) is 6.37. The number of benzene rings is 1. The van der Waals surface area contributed by atoms with E-state index in [1.165, 1.54) is 6.42 Å². The van der Waals surface area contributed by atoms with Gasteiger partial charge in [0, 0.05) is 6.04 Å². The smallest absolute Gasteiger partial charge is 0.224 e. The Hall–Kier alpha value is -1.71. The van der Waals surface area contributed by atoms with Gasteiger partial charge in [-0.25, -0.2) is 0 Å². The summed E-state index contributed by atoms with van der Waals surface area (Å²) in [5.74, 6) is 2.09. The summed E-state index contributed by atoms with van der Waals surface area (Å²) in [6.45, 7) is 6.51. The first kappa shape index (κ1) is 18.3. The lowest BCUT2D eigenvalue weighted by Gasteiger charge is -2.15. The Kier molecular flexibility index (Phi) is 7.78. The molecule has 1 unspecified atom stereocenters. The van der Waals surface area contributed by atoms with Crippen molar-refractivity contribution >= 4 is 5.91 Å². The van der Waals surface area contributed by atoms with Gasteiger partial charge in [-0.1, -0.05) is 32.8 Å². The minimum Gasteiger partial charge on any atom is -0.493 e. The lowest BCUT2D eigenvalue weighted by atomic mass is 10.0. The van der Waals surface area contributed by atoms with Gasteiger partial charge >= 0.3 is 0 Å². The average Bonchev–Trinajstić information content (AvgIpc) is 2.46. The fourth-order valence-corrected chi connectivity index (χ4v) is 2.41. The van der Waals surface area contributed by atoms with Crippen LogP contribution in [0.4, 0.5) is 0 Å². The van der Waals surface area contributed by atoms with Crippen molar-refractivity contribution in [3.63, 3.8) is 0 Å². The molecule has 1 N–H and O–H groups in total. The van der Waals surface area contributed by atoms with E-state index in [4.69, 9.17) is 9.47 Å². The molecule has 0 spiro atoms. The molecular formula is C18H29NO3. The molecule has 124 valence electrons. The van der Waals surface area contributed by atoms with Crippen molar-refractivity contribution in [1.82, 2.24) is 5.32 Å². The maximum Gasteiger partial charge on any atom is 0.224 e. The molecule has 0 aliphatic rings. The first-order valence-corrected chi connectivity index (χ1v) is 7.96. The summed E-state index contributed by atoms with van der Waals surface area (Å²) < 4.78 is 10.5. The lowest BCUT2D eigenvalue weighted by molar-refractivity contribution is -0.121. The summed E-state index contributed by atoms with van der Waals surface area (Å²) in [5, 5.41) is 3.06. The van der Waals surface area contributed by atoms with Crippen molar-refractivity contribution in [2.75, 3.05) is 14.2 Å². The van der Waals surface area contributed by atoms with Gasteiger partial charge in [-0.05, 0) is 37.0 Å². The Bertz CT molecular complexity index is 471. The van der Waals surface area contributed by atoms with Gasteiger partial charge in [0.15, 0.2) is 11.5 Å². The molecule has 0 bridgehead atoms. The zero-order chi connectivity index (χ0) is 16.5. The summed E-state index contributed by atoms with van der Waals surface area (Å²) >= 11 is 0. The van der Waals surface area contributed by atoms with Gasteiger partial charge in [0.1, 0.15) is 0 Å². The predicted molar refractivity (Wildman–Crippen MR) is 89.5 cm³/mol. The van der Waals surface area contributed by atoms with Crippen LogP contribution in [0.3, 0.4) is 0 Å². The Morgan fingerprint density at radius 2 is 1.77 bits per heavy atom. The maximum atomic E-state index is 12.1. The van der Waals surface area contributed by atoms with E-state index in [1.807, 2.05) is 18.2 Å². The van der Waals surface area contributed by atoms with Crippen molar-refractivity contribution in [3.8, 4) is 11.5 Å². The van der Waals surface area contributed by atoms with E-state index in [1.54, 1.807) is 14.2 Å². The molecule has 0 aliphatic heterocycles. The van der Waals surface area contributed by atoms with E-state index >= 15 is 0 Å². The number of hydrogen-bond donors (Lipinski definition) is 1. The van der Waals surface area contributed by atoms with E-state index < -0.39 is 0 Å². The fourth-order valence-electron chi connectivity index (χ4n) is 2.41. The molecule has 0 aliphatic carbocycles. The quantitative estimate of drug-likeness (QED) is 0.758. The zero-order valence-electron chi connectivity index (χ0n) is 14.4. The molecule has 0 heterocycles. The highest BCUT2D eigenvalue weighted by Crippen LogP contribution is 2.27. The van der Waals surface area contributed by atoms with Crippen LogP contribution in [0.2, 0.25) is 0 Å². The highest BCUT2D eigenvalue weighted by Gasteiger charge is 2.11. The number of rotatable bonds is 9. The predicted octanol–water partition coefficient (Wildman–Crippen LogP) is 3.58. The van der Waals surface area contributed by atoms with Crippen molar-refractivity contribution in [2.24, 2.45) is 5.92 Å². The van der Waals surface area contributed by atoms with Gasteiger partial charge in [-0.3, -0.25) is 4.79 Å². The highest BCUT2D eigenvalue weighted by molar-refractivity contribution is 5.79. The van der Waals surface area contributed by atoms with E-state index in [0.29, 0.717) is 17.9 Å². The first-order valence-electron chi connectivity index (χ1n) is 7.96.